The summed E-state index contributed by atoms with van der Waals surface area (Å²) in [5.41, 5.74) is 0.814. The summed E-state index contributed by atoms with van der Waals surface area (Å²) in [4.78, 5) is 5.39. The Balaban J connectivity index is 2.23. The van der Waals surface area contributed by atoms with Crippen LogP contribution in [0.4, 0.5) is 5.69 Å². The maximum Gasteiger partial charge on any atom is 0.144 e. The lowest BCUT2D eigenvalue weighted by atomic mass is 10.3. The first-order valence-corrected chi connectivity index (χ1v) is 5.91. The Kier molecular flexibility index (Phi) is 3.59. The molecule has 2 rings (SSSR count). The standard InChI is InChI=1S/C12H10ClNOS/c1-15-11-5-3-2-4-10(11)14-8-9-6-7-12(13)16-9/h2-8H,1H3. The topological polar surface area (TPSA) is 21.6 Å². The zero-order valence-electron chi connectivity index (χ0n) is 8.68. The van der Waals surface area contributed by atoms with Gasteiger partial charge in [0.25, 0.3) is 0 Å². The lowest BCUT2D eigenvalue weighted by molar-refractivity contribution is 0.416. The molecule has 0 atom stereocenters. The Morgan fingerprint density at radius 1 is 1.25 bits per heavy atom. The molecule has 0 bridgehead atoms. The van der Waals surface area contributed by atoms with Gasteiger partial charge < -0.3 is 4.74 Å². The van der Waals surface area contributed by atoms with Crippen molar-refractivity contribution in [3.05, 3.63) is 45.6 Å². The molecule has 4 heteroatoms. The molecule has 0 fully saturated rings. The third kappa shape index (κ3) is 2.62. The van der Waals surface area contributed by atoms with E-state index in [1.165, 1.54) is 11.3 Å². The van der Waals surface area contributed by atoms with Gasteiger partial charge in [0.1, 0.15) is 11.4 Å². The summed E-state index contributed by atoms with van der Waals surface area (Å²) in [5.74, 6) is 0.765. The van der Waals surface area contributed by atoms with Gasteiger partial charge in [0.05, 0.1) is 11.4 Å². The molecule has 2 aromatic rings. The van der Waals surface area contributed by atoms with E-state index in [1.54, 1.807) is 13.3 Å². The van der Waals surface area contributed by atoms with Gasteiger partial charge in [-0.2, -0.15) is 0 Å². The molecule has 0 aliphatic carbocycles. The fraction of sp³-hybridized carbons (Fsp3) is 0.0833. The van der Waals surface area contributed by atoms with E-state index >= 15 is 0 Å². The van der Waals surface area contributed by atoms with Crippen LogP contribution in [0, 0.1) is 0 Å². The van der Waals surface area contributed by atoms with E-state index in [-0.39, 0.29) is 0 Å². The van der Waals surface area contributed by atoms with Gasteiger partial charge in [-0.3, -0.25) is 4.99 Å². The molecular formula is C12H10ClNOS. The molecule has 0 saturated heterocycles. The van der Waals surface area contributed by atoms with E-state index in [2.05, 4.69) is 4.99 Å². The summed E-state index contributed by atoms with van der Waals surface area (Å²) in [7, 11) is 1.64. The van der Waals surface area contributed by atoms with Gasteiger partial charge in [0.15, 0.2) is 0 Å². The number of aliphatic imine (C=N–C) groups is 1. The van der Waals surface area contributed by atoms with Crippen LogP contribution in [0.1, 0.15) is 4.88 Å². The monoisotopic (exact) mass is 251 g/mol. The molecule has 1 aromatic heterocycles. The van der Waals surface area contributed by atoms with Crippen molar-refractivity contribution in [2.24, 2.45) is 4.99 Å². The van der Waals surface area contributed by atoms with Crippen LogP contribution in [0.2, 0.25) is 4.34 Å². The van der Waals surface area contributed by atoms with Crippen LogP contribution in [0.3, 0.4) is 0 Å². The minimum Gasteiger partial charge on any atom is -0.494 e. The van der Waals surface area contributed by atoms with E-state index in [0.717, 1.165) is 20.7 Å². The van der Waals surface area contributed by atoms with Gasteiger partial charge in [0.2, 0.25) is 0 Å². The molecule has 0 aliphatic rings. The summed E-state index contributed by atoms with van der Waals surface area (Å²) >= 11 is 7.33. The highest BCUT2D eigenvalue weighted by atomic mass is 35.5. The van der Waals surface area contributed by atoms with Crippen molar-refractivity contribution in [2.75, 3.05) is 7.11 Å². The third-order valence-corrected chi connectivity index (χ3v) is 3.18. The Morgan fingerprint density at radius 2 is 2.06 bits per heavy atom. The molecule has 0 unspecified atom stereocenters. The molecule has 0 N–H and O–H groups in total. The first kappa shape index (κ1) is 11.2. The predicted octanol–water partition coefficient (Wildman–Crippen LogP) is 4.16. The lowest BCUT2D eigenvalue weighted by Crippen LogP contribution is -1.82. The van der Waals surface area contributed by atoms with E-state index in [9.17, 15) is 0 Å². The van der Waals surface area contributed by atoms with Crippen LogP contribution in [0.25, 0.3) is 0 Å². The molecule has 0 spiro atoms. The van der Waals surface area contributed by atoms with Crippen LogP contribution in [0.5, 0.6) is 5.75 Å². The van der Waals surface area contributed by atoms with Crippen LogP contribution in [-0.2, 0) is 0 Å². The SMILES string of the molecule is COc1ccccc1N=Cc1ccc(Cl)s1. The van der Waals surface area contributed by atoms with Crippen LogP contribution >= 0.6 is 22.9 Å². The van der Waals surface area contributed by atoms with Crippen molar-refractivity contribution in [3.8, 4) is 5.75 Å². The third-order valence-electron chi connectivity index (χ3n) is 2.01. The van der Waals surface area contributed by atoms with E-state index in [0.29, 0.717) is 0 Å². The Bertz CT molecular complexity index is 507. The fourth-order valence-corrected chi connectivity index (χ4v) is 2.20. The average molecular weight is 252 g/mol. The fourth-order valence-electron chi connectivity index (χ4n) is 1.27. The van der Waals surface area contributed by atoms with Crippen molar-refractivity contribution in [1.82, 2.24) is 0 Å². The molecule has 1 heterocycles. The number of benzene rings is 1. The van der Waals surface area contributed by atoms with Crippen LogP contribution < -0.4 is 4.74 Å². The van der Waals surface area contributed by atoms with E-state index < -0.39 is 0 Å². The molecular weight excluding hydrogens is 242 g/mol. The van der Waals surface area contributed by atoms with Crippen molar-refractivity contribution >= 4 is 34.8 Å². The number of rotatable bonds is 3. The molecule has 0 saturated carbocycles. The zero-order valence-corrected chi connectivity index (χ0v) is 10.3. The first-order chi connectivity index (χ1) is 7.79. The van der Waals surface area contributed by atoms with Crippen molar-refractivity contribution in [2.45, 2.75) is 0 Å². The van der Waals surface area contributed by atoms with Crippen molar-refractivity contribution in [3.63, 3.8) is 0 Å². The van der Waals surface area contributed by atoms with Gasteiger partial charge in [-0.15, -0.1) is 11.3 Å². The molecule has 0 amide bonds. The highest BCUT2D eigenvalue weighted by Gasteiger charge is 1.98. The summed E-state index contributed by atoms with van der Waals surface area (Å²) in [6.07, 6.45) is 1.79. The van der Waals surface area contributed by atoms with E-state index in [1.807, 2.05) is 36.4 Å². The number of nitrogens with zero attached hydrogens (tertiary/aromatic N) is 1. The molecule has 16 heavy (non-hydrogen) atoms. The van der Waals surface area contributed by atoms with Gasteiger partial charge in [-0.25, -0.2) is 0 Å². The minimum atomic E-state index is 0.765. The maximum absolute atomic E-state index is 5.83. The summed E-state index contributed by atoms with van der Waals surface area (Å²) in [6, 6.07) is 11.4. The number of halogens is 1. The minimum absolute atomic E-state index is 0.765. The van der Waals surface area contributed by atoms with E-state index in [4.69, 9.17) is 16.3 Å². The van der Waals surface area contributed by atoms with Gasteiger partial charge >= 0.3 is 0 Å². The van der Waals surface area contributed by atoms with Crippen LogP contribution in [0.15, 0.2) is 41.4 Å². The zero-order chi connectivity index (χ0) is 11.4. The molecule has 2 nitrogen and oxygen atoms in total. The Hall–Kier alpha value is -1.32. The molecule has 0 aliphatic heterocycles. The summed E-state index contributed by atoms with van der Waals surface area (Å²) < 4.78 is 5.97. The van der Waals surface area contributed by atoms with Crippen molar-refractivity contribution in [1.29, 1.82) is 0 Å². The number of ether oxygens (including phenoxy) is 1. The number of para-hydroxylation sites is 2. The number of hydrogen-bond acceptors (Lipinski definition) is 3. The number of methoxy groups -OCH3 is 1. The first-order valence-electron chi connectivity index (χ1n) is 4.72. The second kappa shape index (κ2) is 5.14. The lowest BCUT2D eigenvalue weighted by Gasteiger charge is -2.01. The van der Waals surface area contributed by atoms with Crippen molar-refractivity contribution < 1.29 is 4.74 Å². The summed E-state index contributed by atoms with van der Waals surface area (Å²) in [6.45, 7) is 0. The normalized spacial score (nSPS) is 10.9. The second-order valence-corrected chi connectivity index (χ2v) is 4.82. The largest absolute Gasteiger partial charge is 0.494 e. The molecule has 82 valence electrons. The van der Waals surface area contributed by atoms with Gasteiger partial charge in [-0.05, 0) is 24.3 Å². The Morgan fingerprint density at radius 3 is 2.75 bits per heavy atom. The molecule has 1 aromatic carbocycles. The highest BCUT2D eigenvalue weighted by Crippen LogP contribution is 2.27. The molecule has 0 radical (unpaired) electrons. The number of thiophene rings is 1. The van der Waals surface area contributed by atoms with Gasteiger partial charge in [0, 0.05) is 11.1 Å². The average Bonchev–Trinajstić information content (AvgIpc) is 2.73. The predicted molar refractivity (Wildman–Crippen MR) is 69.6 cm³/mol. The highest BCUT2D eigenvalue weighted by molar-refractivity contribution is 7.17. The smallest absolute Gasteiger partial charge is 0.144 e. The quantitative estimate of drug-likeness (QED) is 0.751. The van der Waals surface area contributed by atoms with Crippen LogP contribution in [-0.4, -0.2) is 13.3 Å². The maximum atomic E-state index is 5.83. The van der Waals surface area contributed by atoms with Gasteiger partial charge in [-0.1, -0.05) is 23.7 Å². The second-order valence-electron chi connectivity index (χ2n) is 3.07. The Labute approximate surface area is 103 Å². The number of hydrogen-bond donors (Lipinski definition) is 0. The summed E-state index contributed by atoms with van der Waals surface area (Å²) in [5, 5.41) is 0.